The summed E-state index contributed by atoms with van der Waals surface area (Å²) in [6.45, 7) is 0.0913. The molecule has 0 aliphatic rings. The van der Waals surface area contributed by atoms with Gasteiger partial charge in [0.2, 0.25) is 0 Å². The number of alkyl carbamates (subject to hydrolysis) is 1. The summed E-state index contributed by atoms with van der Waals surface area (Å²) in [4.78, 5) is 35.1. The molecular formula is C20H21NO5. The Morgan fingerprint density at radius 3 is 2.04 bits per heavy atom. The molecule has 0 unspecified atom stereocenters. The van der Waals surface area contributed by atoms with Gasteiger partial charge >= 0.3 is 12.1 Å². The van der Waals surface area contributed by atoms with Crippen molar-refractivity contribution in [2.45, 2.75) is 31.9 Å². The van der Waals surface area contributed by atoms with E-state index in [2.05, 4.69) is 5.32 Å². The Hall–Kier alpha value is -3.15. The van der Waals surface area contributed by atoms with Crippen LogP contribution in [0.25, 0.3) is 0 Å². The Balaban J connectivity index is 1.96. The second-order valence-corrected chi connectivity index (χ2v) is 5.81. The summed E-state index contributed by atoms with van der Waals surface area (Å²) in [6, 6.07) is 17.6. The van der Waals surface area contributed by atoms with Crippen molar-refractivity contribution in [3.05, 3.63) is 71.8 Å². The minimum atomic E-state index is -1.05. The Kier molecular flexibility index (Phi) is 7.36. The molecule has 2 rings (SSSR count). The molecule has 136 valence electrons. The van der Waals surface area contributed by atoms with Crippen LogP contribution in [-0.4, -0.2) is 29.0 Å². The lowest BCUT2D eigenvalue weighted by molar-refractivity contribution is -0.138. The van der Waals surface area contributed by atoms with Gasteiger partial charge in [0.25, 0.3) is 0 Å². The molecule has 0 saturated carbocycles. The third kappa shape index (κ3) is 6.76. The van der Waals surface area contributed by atoms with Crippen LogP contribution in [0.15, 0.2) is 60.7 Å². The Morgan fingerprint density at radius 2 is 1.46 bits per heavy atom. The van der Waals surface area contributed by atoms with Gasteiger partial charge in [-0.25, -0.2) is 4.79 Å². The van der Waals surface area contributed by atoms with Crippen LogP contribution < -0.4 is 5.32 Å². The van der Waals surface area contributed by atoms with Crippen LogP contribution >= 0.6 is 0 Å². The maximum Gasteiger partial charge on any atom is 0.408 e. The van der Waals surface area contributed by atoms with E-state index in [1.807, 2.05) is 60.7 Å². The summed E-state index contributed by atoms with van der Waals surface area (Å²) in [5, 5.41) is 11.3. The SMILES string of the molecule is O=C(O)CCC(=O)[C@@H](Cc1ccccc1)NC(=O)OCc1ccccc1. The van der Waals surface area contributed by atoms with Crippen LogP contribution in [0.4, 0.5) is 4.79 Å². The van der Waals surface area contributed by atoms with Gasteiger partial charge in [0, 0.05) is 6.42 Å². The molecule has 0 aromatic heterocycles. The minimum Gasteiger partial charge on any atom is -0.481 e. The van der Waals surface area contributed by atoms with E-state index in [-0.39, 0.29) is 31.7 Å². The molecule has 0 aliphatic carbocycles. The summed E-state index contributed by atoms with van der Waals surface area (Å²) < 4.78 is 5.15. The number of hydrogen-bond acceptors (Lipinski definition) is 4. The van der Waals surface area contributed by atoms with Crippen molar-refractivity contribution in [2.24, 2.45) is 0 Å². The van der Waals surface area contributed by atoms with Crippen LogP contribution in [0.5, 0.6) is 0 Å². The topological polar surface area (TPSA) is 92.7 Å². The number of amides is 1. The Bertz CT molecular complexity index is 730. The average molecular weight is 355 g/mol. The smallest absolute Gasteiger partial charge is 0.408 e. The largest absolute Gasteiger partial charge is 0.481 e. The van der Waals surface area contributed by atoms with Gasteiger partial charge in [0.1, 0.15) is 6.61 Å². The number of carboxylic acid groups (broad SMARTS) is 1. The van der Waals surface area contributed by atoms with E-state index < -0.39 is 18.1 Å². The van der Waals surface area contributed by atoms with Gasteiger partial charge in [-0.05, 0) is 17.5 Å². The number of ketones is 1. The summed E-state index contributed by atoms with van der Waals surface area (Å²) in [7, 11) is 0. The van der Waals surface area contributed by atoms with E-state index in [1.54, 1.807) is 0 Å². The molecule has 26 heavy (non-hydrogen) atoms. The molecule has 0 fully saturated rings. The number of nitrogens with one attached hydrogen (secondary N) is 1. The zero-order valence-electron chi connectivity index (χ0n) is 14.3. The van der Waals surface area contributed by atoms with Gasteiger partial charge in [-0.2, -0.15) is 0 Å². The quantitative estimate of drug-likeness (QED) is 0.721. The number of carboxylic acids is 1. The number of benzene rings is 2. The molecule has 2 N–H and O–H groups in total. The minimum absolute atomic E-state index is 0.0913. The predicted molar refractivity (Wildman–Crippen MR) is 95.6 cm³/mol. The summed E-state index contributed by atoms with van der Waals surface area (Å²) in [5.74, 6) is -1.39. The van der Waals surface area contributed by atoms with Crippen LogP contribution in [0, 0.1) is 0 Å². The van der Waals surface area contributed by atoms with E-state index in [9.17, 15) is 14.4 Å². The molecule has 1 atom stereocenters. The predicted octanol–water partition coefficient (Wildman–Crippen LogP) is 2.96. The Morgan fingerprint density at radius 1 is 0.885 bits per heavy atom. The van der Waals surface area contributed by atoms with Crippen molar-refractivity contribution >= 4 is 17.8 Å². The number of rotatable bonds is 9. The fourth-order valence-corrected chi connectivity index (χ4v) is 2.41. The number of carbonyl (C=O) groups excluding carboxylic acids is 2. The van der Waals surface area contributed by atoms with Crippen LogP contribution in [-0.2, 0) is 27.4 Å². The van der Waals surface area contributed by atoms with Gasteiger partial charge in [0.05, 0.1) is 12.5 Å². The van der Waals surface area contributed by atoms with Gasteiger partial charge in [-0.15, -0.1) is 0 Å². The fourth-order valence-electron chi connectivity index (χ4n) is 2.41. The zero-order chi connectivity index (χ0) is 18.8. The average Bonchev–Trinajstić information content (AvgIpc) is 2.65. The summed E-state index contributed by atoms with van der Waals surface area (Å²) >= 11 is 0. The van der Waals surface area contributed by atoms with Crippen molar-refractivity contribution in [1.29, 1.82) is 0 Å². The van der Waals surface area contributed by atoms with Crippen LogP contribution in [0.2, 0.25) is 0 Å². The monoisotopic (exact) mass is 355 g/mol. The molecule has 6 nitrogen and oxygen atoms in total. The number of Topliss-reactive ketones (excluding diaryl/α,β-unsaturated/α-hetero) is 1. The van der Waals surface area contributed by atoms with Crippen molar-refractivity contribution in [1.82, 2.24) is 5.32 Å². The highest BCUT2D eigenvalue weighted by molar-refractivity contribution is 5.89. The van der Waals surface area contributed by atoms with Crippen molar-refractivity contribution < 1.29 is 24.2 Å². The van der Waals surface area contributed by atoms with Gasteiger partial charge in [-0.3, -0.25) is 9.59 Å². The summed E-state index contributed by atoms with van der Waals surface area (Å²) in [6.07, 6.45) is -0.852. The third-order valence-electron chi connectivity index (χ3n) is 3.76. The molecule has 0 aliphatic heterocycles. The fraction of sp³-hybridized carbons (Fsp3) is 0.250. The lowest BCUT2D eigenvalue weighted by Gasteiger charge is -2.17. The number of carbonyl (C=O) groups is 3. The van der Waals surface area contributed by atoms with E-state index in [4.69, 9.17) is 9.84 Å². The second-order valence-electron chi connectivity index (χ2n) is 5.81. The maximum absolute atomic E-state index is 12.3. The molecule has 6 heteroatoms. The first-order chi connectivity index (χ1) is 12.5. The van der Waals surface area contributed by atoms with E-state index in [1.165, 1.54) is 0 Å². The molecular weight excluding hydrogens is 334 g/mol. The second kappa shape index (κ2) is 9.98. The standard InChI is InChI=1S/C20H21NO5/c22-18(11-12-19(23)24)17(13-15-7-3-1-4-8-15)21-20(25)26-14-16-9-5-2-6-10-16/h1-10,17H,11-14H2,(H,21,25)(H,23,24)/t17-/m1/s1. The molecule has 0 bridgehead atoms. The molecule has 0 radical (unpaired) electrons. The van der Waals surface area contributed by atoms with Crippen LogP contribution in [0.1, 0.15) is 24.0 Å². The van der Waals surface area contributed by atoms with E-state index >= 15 is 0 Å². The third-order valence-corrected chi connectivity index (χ3v) is 3.76. The van der Waals surface area contributed by atoms with Crippen molar-refractivity contribution in [2.75, 3.05) is 0 Å². The highest BCUT2D eigenvalue weighted by Crippen LogP contribution is 2.08. The maximum atomic E-state index is 12.3. The molecule has 0 spiro atoms. The molecule has 2 aromatic rings. The molecule has 0 heterocycles. The lowest BCUT2D eigenvalue weighted by atomic mass is 10.00. The number of ether oxygens (including phenoxy) is 1. The first-order valence-electron chi connectivity index (χ1n) is 8.30. The van der Waals surface area contributed by atoms with E-state index in [0.717, 1.165) is 11.1 Å². The lowest BCUT2D eigenvalue weighted by Crippen LogP contribution is -2.42. The van der Waals surface area contributed by atoms with Gasteiger partial charge in [0.15, 0.2) is 5.78 Å². The highest BCUT2D eigenvalue weighted by atomic mass is 16.5. The molecule has 0 saturated heterocycles. The zero-order valence-corrected chi connectivity index (χ0v) is 14.3. The first kappa shape index (κ1) is 19.2. The van der Waals surface area contributed by atoms with Gasteiger partial charge < -0.3 is 15.2 Å². The number of hydrogen-bond donors (Lipinski definition) is 2. The Labute approximate surface area is 151 Å². The number of aliphatic carboxylic acids is 1. The normalized spacial score (nSPS) is 11.4. The van der Waals surface area contributed by atoms with Crippen molar-refractivity contribution in [3.63, 3.8) is 0 Å². The molecule has 2 aromatic carbocycles. The van der Waals surface area contributed by atoms with E-state index in [0.29, 0.717) is 0 Å². The van der Waals surface area contributed by atoms with Crippen molar-refractivity contribution in [3.8, 4) is 0 Å². The van der Waals surface area contributed by atoms with Crippen LogP contribution in [0.3, 0.4) is 0 Å². The van der Waals surface area contributed by atoms with Gasteiger partial charge in [-0.1, -0.05) is 60.7 Å². The summed E-state index contributed by atoms with van der Waals surface area (Å²) in [5.41, 5.74) is 1.70. The first-order valence-corrected chi connectivity index (χ1v) is 8.30. The highest BCUT2D eigenvalue weighted by Gasteiger charge is 2.22. The molecule has 1 amide bonds.